The first kappa shape index (κ1) is 22.0. The number of carbonyl (C=O) groups is 2. The van der Waals surface area contributed by atoms with Crippen LogP contribution in [0.5, 0.6) is 11.5 Å². The van der Waals surface area contributed by atoms with Gasteiger partial charge in [0.15, 0.2) is 6.10 Å². The van der Waals surface area contributed by atoms with Crippen molar-refractivity contribution in [3.63, 3.8) is 0 Å². The predicted octanol–water partition coefficient (Wildman–Crippen LogP) is 4.62. The van der Waals surface area contributed by atoms with Gasteiger partial charge in [0.05, 0.1) is 11.8 Å². The smallest absolute Gasteiger partial charge is 0.346 e. The second kappa shape index (κ2) is 10.4. The highest BCUT2D eigenvalue weighted by Crippen LogP contribution is 2.17. The van der Waals surface area contributed by atoms with E-state index in [1.807, 2.05) is 0 Å². The first-order valence-corrected chi connectivity index (χ1v) is 9.62. The lowest BCUT2D eigenvalue weighted by Gasteiger charge is -2.12. The molecule has 0 fully saturated rings. The lowest BCUT2D eigenvalue weighted by molar-refractivity contribution is -0.127. The van der Waals surface area contributed by atoms with Crippen molar-refractivity contribution in [1.29, 1.82) is 0 Å². The molecule has 0 unspecified atom stereocenters. The summed E-state index contributed by atoms with van der Waals surface area (Å²) in [5.41, 5.74) is 2.89. The molecule has 3 aromatic rings. The van der Waals surface area contributed by atoms with Gasteiger partial charge >= 0.3 is 5.97 Å². The lowest BCUT2D eigenvalue weighted by atomic mass is 10.2. The van der Waals surface area contributed by atoms with E-state index in [-0.39, 0.29) is 11.3 Å². The number of hydrogen-bond acceptors (Lipinski definition) is 5. The summed E-state index contributed by atoms with van der Waals surface area (Å²) in [6.07, 6.45) is 0.661. The quantitative estimate of drug-likeness (QED) is 0.252. The summed E-state index contributed by atoms with van der Waals surface area (Å²) < 4.78 is 24.3. The minimum atomic E-state index is -0.790. The Morgan fingerprint density at radius 3 is 2.32 bits per heavy atom. The van der Waals surface area contributed by atoms with Gasteiger partial charge in [0.25, 0.3) is 5.91 Å². The molecule has 1 N–H and O–H groups in total. The molecule has 0 spiro atoms. The number of esters is 1. The van der Waals surface area contributed by atoms with Crippen molar-refractivity contribution in [1.82, 2.24) is 5.43 Å². The van der Waals surface area contributed by atoms with Gasteiger partial charge in [-0.25, -0.2) is 14.6 Å². The highest BCUT2D eigenvalue weighted by molar-refractivity contribution is 6.30. The molecule has 158 valence electrons. The molecule has 6 nitrogen and oxygen atoms in total. The highest BCUT2D eigenvalue weighted by Gasteiger charge is 2.14. The van der Waals surface area contributed by atoms with Gasteiger partial charge in [-0.2, -0.15) is 5.10 Å². The number of hydrogen-bond donors (Lipinski definition) is 1. The Morgan fingerprint density at radius 2 is 1.65 bits per heavy atom. The standard InChI is InChI=1S/C23H18ClFN2O4/c1-15(30-18-12-8-17(24)9-13-18)22(28)27-26-14-16-6-10-19(11-7-16)31-23(29)20-4-2-3-5-21(20)25/h2-15H,1H3,(H,27,28)/b26-14-/t15-/m1/s1. The van der Waals surface area contributed by atoms with E-state index in [2.05, 4.69) is 10.5 Å². The minimum absolute atomic E-state index is 0.147. The van der Waals surface area contributed by atoms with Gasteiger partial charge in [0.2, 0.25) is 0 Å². The number of carbonyl (C=O) groups excluding carboxylic acids is 2. The van der Waals surface area contributed by atoms with E-state index in [0.29, 0.717) is 16.3 Å². The van der Waals surface area contributed by atoms with Crippen LogP contribution in [0.2, 0.25) is 5.02 Å². The van der Waals surface area contributed by atoms with Crippen LogP contribution in [0, 0.1) is 5.82 Å². The zero-order valence-electron chi connectivity index (χ0n) is 16.4. The Hall–Kier alpha value is -3.71. The molecule has 1 amide bonds. The molecular formula is C23H18ClFN2O4. The van der Waals surface area contributed by atoms with Crippen molar-refractivity contribution >= 4 is 29.7 Å². The van der Waals surface area contributed by atoms with Crippen molar-refractivity contribution in [3.8, 4) is 11.5 Å². The van der Waals surface area contributed by atoms with E-state index < -0.39 is 23.8 Å². The highest BCUT2D eigenvalue weighted by atomic mass is 35.5. The molecule has 0 saturated carbocycles. The van der Waals surface area contributed by atoms with Crippen molar-refractivity contribution in [3.05, 3.63) is 94.8 Å². The van der Waals surface area contributed by atoms with E-state index in [4.69, 9.17) is 21.1 Å². The molecule has 0 aliphatic rings. The van der Waals surface area contributed by atoms with Crippen LogP contribution in [-0.4, -0.2) is 24.2 Å². The molecule has 0 aliphatic carbocycles. The van der Waals surface area contributed by atoms with Crippen LogP contribution in [0.15, 0.2) is 77.9 Å². The predicted molar refractivity (Wildman–Crippen MR) is 115 cm³/mol. The molecule has 0 aliphatic heterocycles. The molecule has 8 heteroatoms. The number of nitrogens with zero attached hydrogens (tertiary/aromatic N) is 1. The maximum atomic E-state index is 13.6. The first-order chi connectivity index (χ1) is 14.9. The zero-order chi connectivity index (χ0) is 22.2. The number of hydrazone groups is 1. The number of halogens is 2. The van der Waals surface area contributed by atoms with Crippen LogP contribution in [0.25, 0.3) is 0 Å². The van der Waals surface area contributed by atoms with Crippen LogP contribution < -0.4 is 14.9 Å². The summed E-state index contributed by atoms with van der Waals surface area (Å²) in [7, 11) is 0. The molecule has 3 aromatic carbocycles. The Bertz CT molecular complexity index is 1090. The third-order valence-electron chi connectivity index (χ3n) is 4.07. The summed E-state index contributed by atoms with van der Waals surface area (Å²) in [5.74, 6) is -1.11. The maximum Gasteiger partial charge on any atom is 0.346 e. The second-order valence-electron chi connectivity index (χ2n) is 6.39. The van der Waals surface area contributed by atoms with Gasteiger partial charge in [0, 0.05) is 5.02 Å². The van der Waals surface area contributed by atoms with Crippen LogP contribution in [0.1, 0.15) is 22.8 Å². The lowest BCUT2D eigenvalue weighted by Crippen LogP contribution is -2.33. The van der Waals surface area contributed by atoms with Crippen molar-refractivity contribution < 1.29 is 23.5 Å². The molecular weight excluding hydrogens is 423 g/mol. The van der Waals surface area contributed by atoms with Crippen LogP contribution in [0.3, 0.4) is 0 Å². The summed E-state index contributed by atoms with van der Waals surface area (Å²) in [4.78, 5) is 24.1. The third-order valence-corrected chi connectivity index (χ3v) is 4.32. The summed E-state index contributed by atoms with van der Waals surface area (Å²) in [6, 6.07) is 18.6. The molecule has 1 atom stereocenters. The van der Waals surface area contributed by atoms with Gasteiger partial charge in [-0.1, -0.05) is 23.7 Å². The fourth-order valence-corrected chi connectivity index (χ4v) is 2.57. The number of ether oxygens (including phenoxy) is 2. The summed E-state index contributed by atoms with van der Waals surface area (Å²) >= 11 is 5.81. The molecule has 0 bridgehead atoms. The Morgan fingerprint density at radius 1 is 1.00 bits per heavy atom. The molecule has 0 heterocycles. The van der Waals surface area contributed by atoms with Gasteiger partial charge in [-0.15, -0.1) is 0 Å². The van der Waals surface area contributed by atoms with Gasteiger partial charge in [-0.3, -0.25) is 4.79 Å². The molecule has 31 heavy (non-hydrogen) atoms. The van der Waals surface area contributed by atoms with Crippen molar-refractivity contribution in [2.24, 2.45) is 5.10 Å². The molecule has 0 saturated heterocycles. The Labute approximate surface area is 183 Å². The fraction of sp³-hybridized carbons (Fsp3) is 0.0870. The van der Waals surface area contributed by atoms with E-state index in [1.165, 1.54) is 36.5 Å². The number of benzene rings is 3. The van der Waals surface area contributed by atoms with E-state index in [9.17, 15) is 14.0 Å². The number of nitrogens with one attached hydrogen (secondary N) is 1. The summed E-state index contributed by atoms with van der Waals surface area (Å²) in [5, 5.41) is 4.46. The fourth-order valence-electron chi connectivity index (χ4n) is 2.44. The zero-order valence-corrected chi connectivity index (χ0v) is 17.2. The van der Waals surface area contributed by atoms with Gasteiger partial charge in [0.1, 0.15) is 17.3 Å². The Kier molecular flexibility index (Phi) is 7.35. The summed E-state index contributed by atoms with van der Waals surface area (Å²) in [6.45, 7) is 1.60. The van der Waals surface area contributed by atoms with Gasteiger partial charge < -0.3 is 9.47 Å². The second-order valence-corrected chi connectivity index (χ2v) is 6.82. The number of rotatable bonds is 7. The van der Waals surface area contributed by atoms with E-state index in [0.717, 1.165) is 0 Å². The topological polar surface area (TPSA) is 77.0 Å². The van der Waals surface area contributed by atoms with Gasteiger partial charge in [-0.05, 0) is 73.2 Å². The minimum Gasteiger partial charge on any atom is -0.481 e. The Balaban J connectivity index is 1.51. The number of amides is 1. The maximum absolute atomic E-state index is 13.6. The normalized spacial score (nSPS) is 11.7. The van der Waals surface area contributed by atoms with Crippen molar-refractivity contribution in [2.75, 3.05) is 0 Å². The van der Waals surface area contributed by atoms with Crippen LogP contribution >= 0.6 is 11.6 Å². The monoisotopic (exact) mass is 440 g/mol. The average molecular weight is 441 g/mol. The molecule has 3 rings (SSSR count). The van der Waals surface area contributed by atoms with E-state index in [1.54, 1.807) is 49.4 Å². The largest absolute Gasteiger partial charge is 0.481 e. The third kappa shape index (κ3) is 6.38. The van der Waals surface area contributed by atoms with Crippen molar-refractivity contribution in [2.45, 2.75) is 13.0 Å². The molecule has 0 aromatic heterocycles. The first-order valence-electron chi connectivity index (χ1n) is 9.24. The van der Waals surface area contributed by atoms with Crippen LogP contribution in [-0.2, 0) is 4.79 Å². The van der Waals surface area contributed by atoms with E-state index >= 15 is 0 Å². The SMILES string of the molecule is C[C@@H](Oc1ccc(Cl)cc1)C(=O)N/N=C\c1ccc(OC(=O)c2ccccc2F)cc1. The average Bonchev–Trinajstić information content (AvgIpc) is 2.76. The van der Waals surface area contributed by atoms with Crippen LogP contribution in [0.4, 0.5) is 4.39 Å². The molecule has 0 radical (unpaired) electrons.